The average molecular weight is 607 g/mol. The number of aromatic carboxylic acids is 1. The maximum atomic E-state index is 12.9. The monoisotopic (exact) mass is 606 g/mol. The van der Waals surface area contributed by atoms with Gasteiger partial charge in [0.1, 0.15) is 0 Å². The largest absolute Gasteiger partial charge is 0.478 e. The summed E-state index contributed by atoms with van der Waals surface area (Å²) in [4.78, 5) is 33.4. The molecule has 1 aliphatic heterocycles. The van der Waals surface area contributed by atoms with Crippen molar-refractivity contribution in [1.29, 1.82) is 0 Å². The lowest BCUT2D eigenvalue weighted by Crippen LogP contribution is -2.45. The molecule has 1 fully saturated rings. The van der Waals surface area contributed by atoms with Gasteiger partial charge >= 0.3 is 5.97 Å². The quantitative estimate of drug-likeness (QED) is 0.217. The molecule has 0 aliphatic carbocycles. The summed E-state index contributed by atoms with van der Waals surface area (Å²) in [5.41, 5.74) is 5.29. The number of ether oxygens (including phenoxy) is 1. The van der Waals surface area contributed by atoms with Crippen molar-refractivity contribution in [2.45, 2.75) is 45.9 Å². The van der Waals surface area contributed by atoms with E-state index < -0.39 is 5.97 Å². The number of aromatic nitrogens is 1. The molecule has 220 valence electrons. The fraction of sp³-hybridized carbons (Fsp3) is 0.281. The van der Waals surface area contributed by atoms with E-state index in [0.29, 0.717) is 11.3 Å². The Balaban J connectivity index is 0.00000405. The number of nitrogens with one attached hydrogen (secondary N) is 1. The molecular weight excluding hydrogens is 572 g/mol. The average Bonchev–Trinajstić information content (AvgIpc) is 3.43. The van der Waals surface area contributed by atoms with Crippen LogP contribution in [0.5, 0.6) is 0 Å². The lowest BCUT2D eigenvalue weighted by atomic mass is 10.1. The number of morpholine rings is 1. The van der Waals surface area contributed by atoms with Crippen LogP contribution in [0.1, 0.15) is 48.4 Å². The van der Waals surface area contributed by atoms with Gasteiger partial charge in [-0.1, -0.05) is 12.1 Å². The van der Waals surface area contributed by atoms with Crippen LogP contribution in [0.2, 0.25) is 0 Å². The highest BCUT2D eigenvalue weighted by molar-refractivity contribution is 7.14. The van der Waals surface area contributed by atoms with Crippen molar-refractivity contribution in [2.24, 2.45) is 0 Å². The van der Waals surface area contributed by atoms with Crippen LogP contribution in [0, 0.1) is 0 Å². The molecule has 2 atom stereocenters. The Kier molecular flexibility index (Phi) is 9.88. The van der Waals surface area contributed by atoms with Crippen molar-refractivity contribution in [3.05, 3.63) is 89.3 Å². The van der Waals surface area contributed by atoms with E-state index in [0.717, 1.165) is 40.9 Å². The maximum Gasteiger partial charge on any atom is 0.335 e. The summed E-state index contributed by atoms with van der Waals surface area (Å²) in [7, 11) is 0. The molecule has 0 spiro atoms. The van der Waals surface area contributed by atoms with Gasteiger partial charge in [0.05, 0.1) is 23.5 Å². The Morgan fingerprint density at radius 3 is 2.12 bits per heavy atom. The molecule has 1 aromatic heterocycles. The Hall–Kier alpha value is -3.92. The summed E-state index contributed by atoms with van der Waals surface area (Å²) < 4.78 is 5.82. The van der Waals surface area contributed by atoms with Gasteiger partial charge in [-0.25, -0.2) is 9.78 Å². The van der Waals surface area contributed by atoms with Gasteiger partial charge < -0.3 is 25.0 Å². The van der Waals surface area contributed by atoms with Crippen molar-refractivity contribution >= 4 is 57.8 Å². The molecule has 0 saturated carbocycles. The molecule has 0 bridgehead atoms. The highest BCUT2D eigenvalue weighted by atomic mass is 35.5. The van der Waals surface area contributed by atoms with E-state index in [-0.39, 0.29) is 42.1 Å². The number of thiazole rings is 1. The van der Waals surface area contributed by atoms with Crippen LogP contribution in [0.4, 0.5) is 22.2 Å². The summed E-state index contributed by atoms with van der Waals surface area (Å²) >= 11 is 1.53. The van der Waals surface area contributed by atoms with Crippen LogP contribution < -0.4 is 15.1 Å². The standard InChI is InChI=1S/C32H34N4O4S.ClH/c1-20(2)36(28-15-9-25(10-16-28)31(38)39)32-34-29(19-41-32)23-5-11-26(12-6-23)33-30(37)24-7-13-27(14-8-24)35-17-21(3)40-22(4)18-35;/h5-16,19-22H,17-18H2,1-4H3,(H,33,37)(H,38,39);1H/t21-,22+;. The highest BCUT2D eigenvalue weighted by Gasteiger charge is 2.23. The van der Waals surface area contributed by atoms with Gasteiger partial charge in [0.25, 0.3) is 5.91 Å². The van der Waals surface area contributed by atoms with Gasteiger partial charge in [0.15, 0.2) is 5.13 Å². The second-order valence-electron chi connectivity index (χ2n) is 10.6. The van der Waals surface area contributed by atoms with Crippen LogP contribution in [0.15, 0.2) is 78.2 Å². The van der Waals surface area contributed by atoms with Crippen molar-refractivity contribution in [3.8, 4) is 11.3 Å². The zero-order chi connectivity index (χ0) is 29.1. The number of halogens is 1. The number of amides is 1. The predicted molar refractivity (Wildman–Crippen MR) is 172 cm³/mol. The van der Waals surface area contributed by atoms with E-state index in [1.807, 2.05) is 53.9 Å². The molecule has 0 unspecified atom stereocenters. The lowest BCUT2D eigenvalue weighted by Gasteiger charge is -2.36. The fourth-order valence-corrected chi connectivity index (χ4v) is 6.03. The molecule has 0 radical (unpaired) electrons. The Labute approximate surface area is 256 Å². The molecule has 10 heteroatoms. The minimum atomic E-state index is -0.949. The van der Waals surface area contributed by atoms with E-state index in [1.54, 1.807) is 24.3 Å². The Morgan fingerprint density at radius 1 is 0.952 bits per heavy atom. The minimum absolute atomic E-state index is 0. The summed E-state index contributed by atoms with van der Waals surface area (Å²) in [5, 5.41) is 15.0. The number of carboxylic acid groups (broad SMARTS) is 1. The molecule has 1 amide bonds. The SMILES string of the molecule is CC(C)N(c1ccc(C(=O)O)cc1)c1nc(-c2ccc(NC(=O)c3ccc(N4C[C@@H](C)O[C@@H](C)C4)cc3)cc2)cs1.Cl. The number of carboxylic acids is 1. The summed E-state index contributed by atoms with van der Waals surface area (Å²) in [6.07, 6.45) is 0.347. The number of nitrogens with zero attached hydrogens (tertiary/aromatic N) is 3. The van der Waals surface area contributed by atoms with Gasteiger partial charge in [-0.2, -0.15) is 0 Å². The van der Waals surface area contributed by atoms with Crippen molar-refractivity contribution in [1.82, 2.24) is 4.98 Å². The number of anilines is 4. The molecule has 4 aromatic rings. The molecule has 3 aromatic carbocycles. The van der Waals surface area contributed by atoms with E-state index in [9.17, 15) is 14.7 Å². The number of benzene rings is 3. The molecule has 2 N–H and O–H groups in total. The molecular formula is C32H35ClN4O4S. The molecule has 2 heterocycles. The third-order valence-electron chi connectivity index (χ3n) is 6.96. The van der Waals surface area contributed by atoms with Crippen molar-refractivity contribution in [3.63, 3.8) is 0 Å². The first-order chi connectivity index (χ1) is 19.7. The summed E-state index contributed by atoms with van der Waals surface area (Å²) in [5.74, 6) is -1.11. The molecule has 1 saturated heterocycles. The first-order valence-corrected chi connectivity index (χ1v) is 14.6. The summed E-state index contributed by atoms with van der Waals surface area (Å²) in [6, 6.07) is 22.3. The zero-order valence-electron chi connectivity index (χ0n) is 24.0. The minimum Gasteiger partial charge on any atom is -0.478 e. The lowest BCUT2D eigenvalue weighted by molar-refractivity contribution is -0.00522. The van der Waals surface area contributed by atoms with Gasteiger partial charge in [0, 0.05) is 52.7 Å². The van der Waals surface area contributed by atoms with Crippen molar-refractivity contribution in [2.75, 3.05) is 28.2 Å². The number of rotatable bonds is 8. The normalized spacial score (nSPS) is 16.5. The van der Waals surface area contributed by atoms with E-state index in [1.165, 1.54) is 11.3 Å². The second-order valence-corrected chi connectivity index (χ2v) is 11.4. The van der Waals surface area contributed by atoms with Gasteiger partial charge in [-0.15, -0.1) is 23.7 Å². The molecule has 8 nitrogen and oxygen atoms in total. The first-order valence-electron chi connectivity index (χ1n) is 13.7. The smallest absolute Gasteiger partial charge is 0.335 e. The molecule has 1 aliphatic rings. The topological polar surface area (TPSA) is 95.0 Å². The highest BCUT2D eigenvalue weighted by Crippen LogP contribution is 2.34. The zero-order valence-corrected chi connectivity index (χ0v) is 25.6. The van der Waals surface area contributed by atoms with Crippen LogP contribution in [-0.2, 0) is 4.74 Å². The predicted octanol–water partition coefficient (Wildman–Crippen LogP) is 7.34. The van der Waals surface area contributed by atoms with Crippen LogP contribution >= 0.6 is 23.7 Å². The maximum absolute atomic E-state index is 12.9. The third kappa shape index (κ3) is 7.10. The van der Waals surface area contributed by atoms with E-state index in [4.69, 9.17) is 9.72 Å². The van der Waals surface area contributed by atoms with Crippen molar-refractivity contribution < 1.29 is 19.4 Å². The second kappa shape index (κ2) is 13.4. The number of hydrogen-bond acceptors (Lipinski definition) is 7. The Morgan fingerprint density at radius 2 is 1.55 bits per heavy atom. The third-order valence-corrected chi connectivity index (χ3v) is 7.80. The number of carbonyl (C=O) groups is 2. The number of hydrogen-bond donors (Lipinski definition) is 2. The van der Waals surface area contributed by atoms with Crippen LogP contribution in [0.3, 0.4) is 0 Å². The van der Waals surface area contributed by atoms with Gasteiger partial charge in [-0.05, 0) is 88.4 Å². The molecule has 42 heavy (non-hydrogen) atoms. The Bertz CT molecular complexity index is 1500. The molecule has 5 rings (SSSR count). The summed E-state index contributed by atoms with van der Waals surface area (Å²) in [6.45, 7) is 9.96. The number of carbonyl (C=O) groups excluding carboxylic acids is 1. The van der Waals surface area contributed by atoms with Crippen LogP contribution in [0.25, 0.3) is 11.3 Å². The fourth-order valence-electron chi connectivity index (χ4n) is 5.04. The van der Waals surface area contributed by atoms with E-state index >= 15 is 0 Å². The van der Waals surface area contributed by atoms with Gasteiger partial charge in [-0.3, -0.25) is 4.79 Å². The van der Waals surface area contributed by atoms with E-state index in [2.05, 4.69) is 42.8 Å². The van der Waals surface area contributed by atoms with Gasteiger partial charge in [0.2, 0.25) is 0 Å². The van der Waals surface area contributed by atoms with Crippen LogP contribution in [-0.4, -0.2) is 53.3 Å². The first kappa shape index (κ1) is 31.0.